The molecule has 0 spiro atoms. The summed E-state index contributed by atoms with van der Waals surface area (Å²) in [6, 6.07) is 5.19. The van der Waals surface area contributed by atoms with Crippen molar-refractivity contribution in [1.82, 2.24) is 14.5 Å². The number of carboxylic acids is 1. The van der Waals surface area contributed by atoms with Gasteiger partial charge in [-0.15, -0.1) is 0 Å². The Kier molecular flexibility index (Phi) is 3.72. The van der Waals surface area contributed by atoms with Gasteiger partial charge in [-0.25, -0.2) is 23.5 Å². The van der Waals surface area contributed by atoms with Crippen molar-refractivity contribution in [3.8, 4) is 0 Å². The predicted octanol–water partition coefficient (Wildman–Crippen LogP) is 3.45. The summed E-state index contributed by atoms with van der Waals surface area (Å²) in [7, 11) is 1.52. The van der Waals surface area contributed by atoms with Crippen LogP contribution in [0.15, 0.2) is 28.7 Å². The lowest BCUT2D eigenvalue weighted by Crippen LogP contribution is -2.04. The van der Waals surface area contributed by atoms with E-state index >= 15 is 0 Å². The van der Waals surface area contributed by atoms with E-state index in [0.717, 1.165) is 6.07 Å². The van der Waals surface area contributed by atoms with Crippen molar-refractivity contribution in [2.75, 3.05) is 5.32 Å². The number of nitrogens with zero attached hydrogens (tertiary/aromatic N) is 3. The molecule has 9 heteroatoms. The number of nitrogens with one attached hydrogen (secondary N) is 1. The fraction of sp³-hybridized carbons (Fsp3) is 0.0714. The van der Waals surface area contributed by atoms with Gasteiger partial charge in [0.2, 0.25) is 5.95 Å². The third-order valence-corrected chi connectivity index (χ3v) is 3.67. The van der Waals surface area contributed by atoms with Crippen molar-refractivity contribution in [2.45, 2.75) is 0 Å². The molecule has 0 amide bonds. The number of carbonyl (C=O) groups is 1. The number of imidazole rings is 1. The number of fused-ring (bicyclic) bond motifs is 1. The van der Waals surface area contributed by atoms with Gasteiger partial charge in [-0.2, -0.15) is 0 Å². The molecule has 2 N–H and O–H groups in total. The van der Waals surface area contributed by atoms with E-state index in [1.165, 1.54) is 23.7 Å². The number of hydrogen-bond donors (Lipinski definition) is 2. The molecule has 0 saturated heterocycles. The van der Waals surface area contributed by atoms with Crippen LogP contribution in [-0.4, -0.2) is 25.6 Å². The number of anilines is 2. The van der Waals surface area contributed by atoms with Crippen LogP contribution in [0.4, 0.5) is 20.4 Å². The van der Waals surface area contributed by atoms with Gasteiger partial charge in [0.15, 0.2) is 17.2 Å². The van der Waals surface area contributed by atoms with Crippen LogP contribution < -0.4 is 5.32 Å². The Bertz CT molecular complexity index is 942. The summed E-state index contributed by atoms with van der Waals surface area (Å²) >= 11 is 3.15. The van der Waals surface area contributed by atoms with Gasteiger partial charge in [0.05, 0.1) is 5.69 Å². The lowest BCUT2D eigenvalue weighted by Gasteiger charge is -2.07. The van der Waals surface area contributed by atoms with Gasteiger partial charge in [0.25, 0.3) is 0 Å². The lowest BCUT2D eigenvalue weighted by molar-refractivity contribution is 0.0690. The molecule has 2 aromatic heterocycles. The second kappa shape index (κ2) is 5.58. The van der Waals surface area contributed by atoms with Crippen molar-refractivity contribution in [3.63, 3.8) is 0 Å². The van der Waals surface area contributed by atoms with Crippen LogP contribution in [0, 0.1) is 11.6 Å². The van der Waals surface area contributed by atoms with Crippen LogP contribution in [0.3, 0.4) is 0 Å². The largest absolute Gasteiger partial charge is 0.477 e. The summed E-state index contributed by atoms with van der Waals surface area (Å²) in [5.41, 5.74) is -0.343. The molecule has 3 rings (SSSR count). The number of benzene rings is 1. The third kappa shape index (κ3) is 2.74. The molecular formula is C14H9BrF2N4O2. The molecule has 6 nitrogen and oxygen atoms in total. The standard InChI is InChI=1S/C14H9BrF2N4O2/c1-21-12-11(8(17)5-10(18-12)13(22)23)20-14(21)19-9-3-2-6(15)4-7(9)16/h2-5H,1H3,(H,19,20)(H,22,23). The molecule has 23 heavy (non-hydrogen) atoms. The number of aromatic carboxylic acids is 1. The number of pyridine rings is 1. The summed E-state index contributed by atoms with van der Waals surface area (Å²) in [4.78, 5) is 18.8. The average molecular weight is 383 g/mol. The maximum atomic E-state index is 14.0. The van der Waals surface area contributed by atoms with Crippen LogP contribution in [0.5, 0.6) is 0 Å². The Morgan fingerprint density at radius 1 is 1.26 bits per heavy atom. The first-order chi connectivity index (χ1) is 10.9. The highest BCUT2D eigenvalue weighted by Gasteiger charge is 2.18. The number of aryl methyl sites for hydroxylation is 1. The maximum absolute atomic E-state index is 14.0. The third-order valence-electron chi connectivity index (χ3n) is 3.18. The minimum Gasteiger partial charge on any atom is -0.477 e. The molecule has 0 aliphatic carbocycles. The molecule has 3 aromatic rings. The molecule has 2 heterocycles. The van der Waals surface area contributed by atoms with Crippen LogP contribution in [-0.2, 0) is 7.05 Å². The summed E-state index contributed by atoms with van der Waals surface area (Å²) in [5.74, 6) is -2.55. The fourth-order valence-electron chi connectivity index (χ4n) is 2.05. The zero-order chi connectivity index (χ0) is 16.7. The monoisotopic (exact) mass is 382 g/mol. The first kappa shape index (κ1) is 15.3. The molecule has 0 unspecified atom stereocenters. The predicted molar refractivity (Wildman–Crippen MR) is 82.8 cm³/mol. The Balaban J connectivity index is 2.10. The van der Waals surface area contributed by atoms with Crippen LogP contribution >= 0.6 is 15.9 Å². The number of hydrogen-bond acceptors (Lipinski definition) is 4. The van der Waals surface area contributed by atoms with E-state index in [-0.39, 0.29) is 22.8 Å². The molecule has 1 aromatic carbocycles. The van der Waals surface area contributed by atoms with E-state index in [0.29, 0.717) is 4.47 Å². The number of rotatable bonds is 3. The first-order valence-corrected chi connectivity index (χ1v) is 7.14. The van der Waals surface area contributed by atoms with Gasteiger partial charge in [-0.1, -0.05) is 15.9 Å². The number of aromatic nitrogens is 3. The Morgan fingerprint density at radius 3 is 2.65 bits per heavy atom. The van der Waals surface area contributed by atoms with E-state index in [9.17, 15) is 13.6 Å². The summed E-state index contributed by atoms with van der Waals surface area (Å²) < 4.78 is 29.8. The highest BCUT2D eigenvalue weighted by Crippen LogP contribution is 2.25. The van der Waals surface area contributed by atoms with Gasteiger partial charge < -0.3 is 10.4 Å². The Labute approximate surface area is 136 Å². The molecule has 0 bridgehead atoms. The number of carboxylic acid groups (broad SMARTS) is 1. The minimum atomic E-state index is -1.35. The van der Waals surface area contributed by atoms with E-state index in [4.69, 9.17) is 5.11 Å². The fourth-order valence-corrected chi connectivity index (χ4v) is 2.38. The van der Waals surface area contributed by atoms with Crippen LogP contribution in [0.25, 0.3) is 11.2 Å². The van der Waals surface area contributed by atoms with E-state index in [1.807, 2.05) is 0 Å². The molecule has 0 aliphatic heterocycles. The lowest BCUT2D eigenvalue weighted by atomic mass is 10.3. The zero-order valence-electron chi connectivity index (χ0n) is 11.6. The quantitative estimate of drug-likeness (QED) is 0.724. The molecule has 118 valence electrons. The van der Waals surface area contributed by atoms with Crippen molar-refractivity contribution < 1.29 is 18.7 Å². The van der Waals surface area contributed by atoms with Crippen LogP contribution in [0.2, 0.25) is 0 Å². The van der Waals surface area contributed by atoms with E-state index in [1.54, 1.807) is 6.07 Å². The normalized spacial score (nSPS) is 11.0. The van der Waals surface area contributed by atoms with Crippen molar-refractivity contribution >= 4 is 44.7 Å². The van der Waals surface area contributed by atoms with Crippen molar-refractivity contribution in [1.29, 1.82) is 0 Å². The highest BCUT2D eigenvalue weighted by atomic mass is 79.9. The summed E-state index contributed by atoms with van der Waals surface area (Å²) in [6.07, 6.45) is 0. The maximum Gasteiger partial charge on any atom is 0.354 e. The number of halogens is 3. The van der Waals surface area contributed by atoms with Crippen LogP contribution in [0.1, 0.15) is 10.5 Å². The van der Waals surface area contributed by atoms with Gasteiger partial charge in [-0.05, 0) is 18.2 Å². The van der Waals surface area contributed by atoms with Crippen molar-refractivity contribution in [3.05, 3.63) is 46.1 Å². The SMILES string of the molecule is Cn1c(Nc2ccc(Br)cc2F)nc2c(F)cc(C(=O)O)nc21. The summed E-state index contributed by atoms with van der Waals surface area (Å²) in [5, 5.41) is 11.7. The zero-order valence-corrected chi connectivity index (χ0v) is 13.2. The average Bonchev–Trinajstić information content (AvgIpc) is 2.79. The second-order valence-corrected chi connectivity index (χ2v) is 5.63. The Hall–Kier alpha value is -2.55. The molecule has 0 fully saturated rings. The molecule has 0 aliphatic rings. The second-order valence-electron chi connectivity index (χ2n) is 4.71. The van der Waals surface area contributed by atoms with Gasteiger partial charge in [0, 0.05) is 17.6 Å². The Morgan fingerprint density at radius 2 is 2.00 bits per heavy atom. The van der Waals surface area contributed by atoms with E-state index < -0.39 is 23.3 Å². The highest BCUT2D eigenvalue weighted by molar-refractivity contribution is 9.10. The van der Waals surface area contributed by atoms with Gasteiger partial charge in [0.1, 0.15) is 11.3 Å². The topological polar surface area (TPSA) is 80.0 Å². The van der Waals surface area contributed by atoms with Crippen molar-refractivity contribution in [2.24, 2.45) is 7.05 Å². The molecule has 0 saturated carbocycles. The van der Waals surface area contributed by atoms with E-state index in [2.05, 4.69) is 31.2 Å². The van der Waals surface area contributed by atoms with Gasteiger partial charge in [-0.3, -0.25) is 4.57 Å². The first-order valence-electron chi connectivity index (χ1n) is 6.35. The smallest absolute Gasteiger partial charge is 0.354 e. The van der Waals surface area contributed by atoms with Gasteiger partial charge >= 0.3 is 5.97 Å². The minimum absolute atomic E-state index is 0.0439. The molecule has 0 atom stereocenters. The summed E-state index contributed by atoms with van der Waals surface area (Å²) in [6.45, 7) is 0. The molecular weight excluding hydrogens is 374 g/mol. The molecule has 0 radical (unpaired) electrons.